The van der Waals surface area contributed by atoms with Crippen LogP contribution in [0.4, 0.5) is 0 Å². The predicted octanol–water partition coefficient (Wildman–Crippen LogP) is 4.24. The van der Waals surface area contributed by atoms with Crippen LogP contribution in [0.3, 0.4) is 0 Å². The van der Waals surface area contributed by atoms with Gasteiger partial charge in [0.05, 0.1) is 3.79 Å². The van der Waals surface area contributed by atoms with E-state index in [9.17, 15) is 0 Å². The number of halogens is 1. The number of fused-ring (bicyclic) bond motifs is 1. The molecular formula is C14H14BrNS. The molecule has 0 spiro atoms. The van der Waals surface area contributed by atoms with Gasteiger partial charge in [0.15, 0.2) is 0 Å². The highest BCUT2D eigenvalue weighted by molar-refractivity contribution is 9.11. The van der Waals surface area contributed by atoms with E-state index in [1.165, 1.54) is 22.4 Å². The molecule has 1 aliphatic rings. The number of rotatable bonds is 3. The summed E-state index contributed by atoms with van der Waals surface area (Å²) >= 11 is 5.23. The van der Waals surface area contributed by atoms with Crippen LogP contribution in [0, 0.1) is 0 Å². The van der Waals surface area contributed by atoms with Gasteiger partial charge in [0, 0.05) is 10.9 Å². The van der Waals surface area contributed by atoms with E-state index < -0.39 is 0 Å². The van der Waals surface area contributed by atoms with Crippen LogP contribution in [-0.4, -0.2) is 0 Å². The van der Waals surface area contributed by atoms with Gasteiger partial charge < -0.3 is 5.73 Å². The molecular weight excluding hydrogens is 294 g/mol. The predicted molar refractivity (Wildman–Crippen MR) is 76.5 cm³/mol. The fourth-order valence-electron chi connectivity index (χ4n) is 2.52. The second kappa shape index (κ2) is 4.56. The smallest absolute Gasteiger partial charge is 0.0701 e. The molecule has 0 bridgehead atoms. The van der Waals surface area contributed by atoms with Gasteiger partial charge in [0.25, 0.3) is 0 Å². The van der Waals surface area contributed by atoms with Gasteiger partial charge >= 0.3 is 0 Å². The average Bonchev–Trinajstić information content (AvgIpc) is 2.73. The lowest BCUT2D eigenvalue weighted by Gasteiger charge is -2.31. The molecule has 2 N–H and O–H groups in total. The number of benzene rings is 1. The molecule has 1 heterocycles. The van der Waals surface area contributed by atoms with Crippen LogP contribution < -0.4 is 5.73 Å². The summed E-state index contributed by atoms with van der Waals surface area (Å²) in [4.78, 5) is 1.28. The average molecular weight is 308 g/mol. The lowest BCUT2D eigenvalue weighted by atomic mass is 9.74. The van der Waals surface area contributed by atoms with Crippen molar-refractivity contribution in [2.24, 2.45) is 5.73 Å². The van der Waals surface area contributed by atoms with Gasteiger partial charge in [-0.25, -0.2) is 0 Å². The molecule has 0 amide bonds. The zero-order chi connectivity index (χ0) is 11.8. The van der Waals surface area contributed by atoms with Crippen molar-refractivity contribution in [1.82, 2.24) is 0 Å². The molecule has 3 rings (SSSR count). The van der Waals surface area contributed by atoms with Crippen LogP contribution >= 0.6 is 27.3 Å². The molecule has 2 atom stereocenters. The highest BCUT2D eigenvalue weighted by atomic mass is 79.9. The molecule has 17 heavy (non-hydrogen) atoms. The molecule has 2 aromatic rings. The van der Waals surface area contributed by atoms with Crippen LogP contribution in [0.5, 0.6) is 0 Å². The van der Waals surface area contributed by atoms with Crippen molar-refractivity contribution in [3.63, 3.8) is 0 Å². The van der Waals surface area contributed by atoms with Crippen molar-refractivity contribution in [1.29, 1.82) is 0 Å². The van der Waals surface area contributed by atoms with Gasteiger partial charge in [-0.05, 0) is 57.9 Å². The highest BCUT2D eigenvalue weighted by Gasteiger charge is 2.27. The van der Waals surface area contributed by atoms with Gasteiger partial charge in [-0.15, -0.1) is 11.3 Å². The van der Waals surface area contributed by atoms with E-state index in [-0.39, 0.29) is 6.04 Å². The van der Waals surface area contributed by atoms with Gasteiger partial charge in [-0.1, -0.05) is 24.3 Å². The maximum atomic E-state index is 6.27. The molecule has 88 valence electrons. The lowest BCUT2D eigenvalue weighted by Crippen LogP contribution is -2.22. The van der Waals surface area contributed by atoms with Crippen LogP contribution in [0.25, 0.3) is 0 Å². The molecule has 1 nitrogen and oxygen atoms in total. The first kappa shape index (κ1) is 11.5. The third-order valence-corrected chi connectivity index (χ3v) is 5.21. The molecule has 1 aromatic carbocycles. The fourth-order valence-corrected chi connectivity index (χ4v) is 3.96. The minimum atomic E-state index is 0.171. The minimum absolute atomic E-state index is 0.171. The first-order chi connectivity index (χ1) is 8.24. The van der Waals surface area contributed by atoms with E-state index in [2.05, 4.69) is 52.3 Å². The van der Waals surface area contributed by atoms with E-state index in [0.717, 1.165) is 10.2 Å². The van der Waals surface area contributed by atoms with Gasteiger partial charge in [0.1, 0.15) is 0 Å². The van der Waals surface area contributed by atoms with Crippen LogP contribution in [-0.2, 0) is 6.42 Å². The Kier molecular flexibility index (Phi) is 3.07. The summed E-state index contributed by atoms with van der Waals surface area (Å²) in [7, 11) is 0. The van der Waals surface area contributed by atoms with Gasteiger partial charge in [-0.2, -0.15) is 0 Å². The van der Waals surface area contributed by atoms with E-state index in [0.29, 0.717) is 5.92 Å². The summed E-state index contributed by atoms with van der Waals surface area (Å²) in [6.07, 6.45) is 2.25. The Labute approximate surface area is 114 Å². The Morgan fingerprint density at radius 1 is 1.29 bits per heavy atom. The summed E-state index contributed by atoms with van der Waals surface area (Å²) in [5.41, 5.74) is 9.26. The van der Waals surface area contributed by atoms with E-state index in [1.807, 2.05) is 0 Å². The largest absolute Gasteiger partial charge is 0.323 e. The van der Waals surface area contributed by atoms with Gasteiger partial charge in [0.2, 0.25) is 0 Å². The Morgan fingerprint density at radius 2 is 2.12 bits per heavy atom. The summed E-state index contributed by atoms with van der Waals surface area (Å²) in [5.74, 6) is 0.655. The third-order valence-electron chi connectivity index (χ3n) is 3.46. The van der Waals surface area contributed by atoms with Crippen LogP contribution in [0.1, 0.15) is 34.4 Å². The second-order valence-corrected chi connectivity index (χ2v) is 7.08. The quantitative estimate of drug-likeness (QED) is 0.901. The number of hydrogen-bond acceptors (Lipinski definition) is 2. The van der Waals surface area contributed by atoms with E-state index in [4.69, 9.17) is 5.73 Å². The van der Waals surface area contributed by atoms with Crippen LogP contribution in [0.15, 0.2) is 40.2 Å². The van der Waals surface area contributed by atoms with Crippen molar-refractivity contribution in [2.45, 2.75) is 24.8 Å². The summed E-state index contributed by atoms with van der Waals surface area (Å²) in [5, 5.41) is 0. The molecule has 1 aromatic heterocycles. The minimum Gasteiger partial charge on any atom is -0.323 e. The third kappa shape index (κ3) is 2.19. The highest BCUT2D eigenvalue weighted by Crippen LogP contribution is 2.41. The molecule has 3 heteroatoms. The van der Waals surface area contributed by atoms with Crippen LogP contribution in [0.2, 0.25) is 0 Å². The van der Waals surface area contributed by atoms with Crippen molar-refractivity contribution in [3.8, 4) is 0 Å². The molecule has 0 fully saturated rings. The Bertz CT molecular complexity index is 535. The topological polar surface area (TPSA) is 26.0 Å². The molecule has 0 aliphatic heterocycles. The first-order valence-corrected chi connectivity index (χ1v) is 7.43. The molecule has 0 saturated carbocycles. The maximum Gasteiger partial charge on any atom is 0.0701 e. The van der Waals surface area contributed by atoms with Crippen molar-refractivity contribution >= 4 is 27.3 Å². The monoisotopic (exact) mass is 307 g/mol. The fraction of sp³-hybridized carbons (Fsp3) is 0.286. The molecule has 0 saturated heterocycles. The van der Waals surface area contributed by atoms with Crippen molar-refractivity contribution in [3.05, 3.63) is 56.2 Å². The number of hydrogen-bond donors (Lipinski definition) is 1. The zero-order valence-electron chi connectivity index (χ0n) is 9.40. The summed E-state index contributed by atoms with van der Waals surface area (Å²) in [6, 6.07) is 13.1. The second-order valence-electron chi connectivity index (χ2n) is 4.58. The Hall–Kier alpha value is -0.640. The molecule has 0 radical (unpaired) electrons. The first-order valence-electron chi connectivity index (χ1n) is 5.82. The Balaban J connectivity index is 1.70. The maximum absolute atomic E-state index is 6.27. The zero-order valence-corrected chi connectivity index (χ0v) is 11.8. The van der Waals surface area contributed by atoms with E-state index >= 15 is 0 Å². The number of thiophene rings is 1. The van der Waals surface area contributed by atoms with Crippen molar-refractivity contribution in [2.75, 3.05) is 0 Å². The van der Waals surface area contributed by atoms with Gasteiger partial charge in [-0.3, -0.25) is 0 Å². The molecule has 1 aliphatic carbocycles. The van der Waals surface area contributed by atoms with Crippen molar-refractivity contribution < 1.29 is 0 Å². The van der Waals surface area contributed by atoms with E-state index in [1.54, 1.807) is 11.3 Å². The molecule has 2 unspecified atom stereocenters. The summed E-state index contributed by atoms with van der Waals surface area (Å²) < 4.78 is 1.16. The Morgan fingerprint density at radius 3 is 2.82 bits per heavy atom. The number of nitrogens with two attached hydrogens (primary N) is 1. The standard InChI is InChI=1S/C14H14BrNS/c15-14-6-5-13(17-14)12(16)8-10-7-9-3-1-2-4-11(9)10/h1-6,10,12H,7-8,16H2. The normalized spacial score (nSPS) is 19.5. The SMILES string of the molecule is NC(CC1Cc2ccccc21)c1ccc(Br)s1. The summed E-state index contributed by atoms with van der Waals surface area (Å²) in [6.45, 7) is 0. The lowest BCUT2D eigenvalue weighted by molar-refractivity contribution is 0.502.